The molecule has 0 aliphatic rings. The normalized spacial score (nSPS) is 10.1. The maximum atomic E-state index is 12.2. The molecule has 0 radical (unpaired) electrons. The van der Waals surface area contributed by atoms with Crippen LogP contribution in [0.5, 0.6) is 5.75 Å². The number of anilines is 1. The molecular formula is C19H21NO4. The van der Waals surface area contributed by atoms with Crippen LogP contribution in [-0.2, 0) is 16.0 Å². The Kier molecular flexibility index (Phi) is 6.37. The maximum absolute atomic E-state index is 12.2. The van der Waals surface area contributed by atoms with Crippen LogP contribution in [0.4, 0.5) is 5.69 Å². The van der Waals surface area contributed by atoms with Crippen molar-refractivity contribution in [1.82, 2.24) is 0 Å². The molecule has 0 saturated heterocycles. The van der Waals surface area contributed by atoms with Crippen molar-refractivity contribution in [2.75, 3.05) is 19.0 Å². The third kappa shape index (κ3) is 4.84. The van der Waals surface area contributed by atoms with Crippen LogP contribution in [-0.4, -0.2) is 25.6 Å². The highest BCUT2D eigenvalue weighted by atomic mass is 16.5. The molecule has 5 nitrogen and oxygen atoms in total. The summed E-state index contributed by atoms with van der Waals surface area (Å²) in [5.74, 6) is 0.192. The van der Waals surface area contributed by atoms with Crippen molar-refractivity contribution in [3.63, 3.8) is 0 Å². The number of benzene rings is 2. The van der Waals surface area contributed by atoms with Crippen molar-refractivity contribution in [3.05, 3.63) is 59.7 Å². The van der Waals surface area contributed by atoms with Gasteiger partial charge in [-0.05, 0) is 43.2 Å². The topological polar surface area (TPSA) is 64.6 Å². The lowest BCUT2D eigenvalue weighted by Gasteiger charge is -2.10. The number of methoxy groups -OCH3 is 1. The van der Waals surface area contributed by atoms with Gasteiger partial charge in [0.05, 0.1) is 25.0 Å². The first-order valence-corrected chi connectivity index (χ1v) is 7.83. The van der Waals surface area contributed by atoms with Gasteiger partial charge in [0.2, 0.25) is 5.91 Å². The van der Waals surface area contributed by atoms with Crippen LogP contribution in [0.1, 0.15) is 29.3 Å². The largest absolute Gasteiger partial charge is 0.497 e. The fourth-order valence-electron chi connectivity index (χ4n) is 2.24. The molecule has 0 fully saturated rings. The number of para-hydroxylation sites is 1. The minimum Gasteiger partial charge on any atom is -0.497 e. The van der Waals surface area contributed by atoms with E-state index in [9.17, 15) is 9.59 Å². The lowest BCUT2D eigenvalue weighted by Crippen LogP contribution is -2.16. The molecule has 0 spiro atoms. The Morgan fingerprint density at radius 2 is 1.75 bits per heavy atom. The quantitative estimate of drug-likeness (QED) is 0.791. The molecular weight excluding hydrogens is 306 g/mol. The second kappa shape index (κ2) is 8.72. The summed E-state index contributed by atoms with van der Waals surface area (Å²) in [5.41, 5.74) is 1.87. The van der Waals surface area contributed by atoms with Crippen molar-refractivity contribution in [2.24, 2.45) is 0 Å². The van der Waals surface area contributed by atoms with Gasteiger partial charge in [-0.25, -0.2) is 4.79 Å². The Morgan fingerprint density at radius 1 is 1.04 bits per heavy atom. The van der Waals surface area contributed by atoms with Crippen LogP contribution in [0, 0.1) is 0 Å². The lowest BCUT2D eigenvalue weighted by molar-refractivity contribution is -0.116. The highest BCUT2D eigenvalue weighted by Gasteiger charge is 2.13. The molecule has 0 atom stereocenters. The van der Waals surface area contributed by atoms with Crippen molar-refractivity contribution >= 4 is 17.6 Å². The zero-order chi connectivity index (χ0) is 17.4. The van der Waals surface area contributed by atoms with Gasteiger partial charge >= 0.3 is 5.97 Å². The number of ether oxygens (including phenoxy) is 2. The van der Waals surface area contributed by atoms with Crippen molar-refractivity contribution in [1.29, 1.82) is 0 Å². The Morgan fingerprint density at radius 3 is 2.42 bits per heavy atom. The summed E-state index contributed by atoms with van der Waals surface area (Å²) in [4.78, 5) is 24.1. The number of aryl methyl sites for hydroxylation is 1. The SMILES string of the molecule is CCOC(=O)c1ccccc1NC(=O)CCc1ccc(OC)cc1. The number of nitrogens with one attached hydrogen (secondary N) is 1. The minimum atomic E-state index is -0.441. The van der Waals surface area contributed by atoms with Gasteiger partial charge in [0.15, 0.2) is 0 Å². The number of esters is 1. The van der Waals surface area contributed by atoms with E-state index in [4.69, 9.17) is 9.47 Å². The first-order valence-electron chi connectivity index (χ1n) is 7.83. The number of amides is 1. The lowest BCUT2D eigenvalue weighted by atomic mass is 10.1. The highest BCUT2D eigenvalue weighted by Crippen LogP contribution is 2.17. The van der Waals surface area contributed by atoms with E-state index in [0.717, 1.165) is 11.3 Å². The Hall–Kier alpha value is -2.82. The minimum absolute atomic E-state index is 0.150. The van der Waals surface area contributed by atoms with Crippen molar-refractivity contribution in [2.45, 2.75) is 19.8 Å². The third-order valence-electron chi connectivity index (χ3n) is 3.50. The molecule has 5 heteroatoms. The first kappa shape index (κ1) is 17.5. The fourth-order valence-corrected chi connectivity index (χ4v) is 2.24. The molecule has 126 valence electrons. The molecule has 0 unspecified atom stereocenters. The van der Waals surface area contributed by atoms with Crippen LogP contribution in [0.25, 0.3) is 0 Å². The highest BCUT2D eigenvalue weighted by molar-refractivity contribution is 6.01. The summed E-state index contributed by atoms with van der Waals surface area (Å²) in [7, 11) is 1.61. The molecule has 2 aromatic rings. The van der Waals surface area contributed by atoms with E-state index in [0.29, 0.717) is 30.7 Å². The molecule has 0 saturated carbocycles. The molecule has 2 rings (SSSR count). The Balaban J connectivity index is 1.95. The van der Waals surface area contributed by atoms with Gasteiger partial charge in [-0.3, -0.25) is 4.79 Å². The van der Waals surface area contributed by atoms with Crippen LogP contribution in [0.3, 0.4) is 0 Å². The molecule has 0 aromatic heterocycles. The van der Waals surface area contributed by atoms with Gasteiger partial charge in [-0.2, -0.15) is 0 Å². The van der Waals surface area contributed by atoms with Crippen LogP contribution < -0.4 is 10.1 Å². The van der Waals surface area contributed by atoms with Crippen molar-refractivity contribution in [3.8, 4) is 5.75 Å². The van der Waals surface area contributed by atoms with E-state index in [1.165, 1.54) is 0 Å². The molecule has 0 aliphatic heterocycles. The van der Waals surface area contributed by atoms with E-state index < -0.39 is 5.97 Å². The van der Waals surface area contributed by atoms with Gasteiger partial charge in [-0.1, -0.05) is 24.3 Å². The number of hydrogen-bond donors (Lipinski definition) is 1. The summed E-state index contributed by atoms with van der Waals surface area (Å²) in [6, 6.07) is 14.4. The van der Waals surface area contributed by atoms with Gasteiger partial charge in [0.1, 0.15) is 5.75 Å². The number of hydrogen-bond acceptors (Lipinski definition) is 4. The predicted molar refractivity (Wildman–Crippen MR) is 92.3 cm³/mol. The maximum Gasteiger partial charge on any atom is 0.340 e. The average molecular weight is 327 g/mol. The molecule has 0 aliphatic carbocycles. The van der Waals surface area contributed by atoms with E-state index in [-0.39, 0.29) is 5.91 Å². The van der Waals surface area contributed by atoms with Crippen LogP contribution in [0.2, 0.25) is 0 Å². The van der Waals surface area contributed by atoms with Crippen LogP contribution in [0.15, 0.2) is 48.5 Å². The average Bonchev–Trinajstić information content (AvgIpc) is 2.61. The zero-order valence-corrected chi connectivity index (χ0v) is 13.9. The molecule has 1 N–H and O–H groups in total. The molecule has 24 heavy (non-hydrogen) atoms. The first-order chi connectivity index (χ1) is 11.6. The zero-order valence-electron chi connectivity index (χ0n) is 13.9. The number of carbonyl (C=O) groups is 2. The molecule has 1 amide bonds. The van der Waals surface area contributed by atoms with Gasteiger partial charge < -0.3 is 14.8 Å². The van der Waals surface area contributed by atoms with Gasteiger partial charge in [-0.15, -0.1) is 0 Å². The summed E-state index contributed by atoms with van der Waals surface area (Å²) in [6.07, 6.45) is 0.931. The number of rotatable bonds is 7. The molecule has 0 heterocycles. The summed E-state index contributed by atoms with van der Waals surface area (Å²) < 4.78 is 10.1. The second-order valence-corrected chi connectivity index (χ2v) is 5.16. The summed E-state index contributed by atoms with van der Waals surface area (Å²) >= 11 is 0. The van der Waals surface area contributed by atoms with E-state index in [1.807, 2.05) is 24.3 Å². The standard InChI is InChI=1S/C19H21NO4/c1-3-24-19(22)16-6-4-5-7-17(16)20-18(21)13-10-14-8-11-15(23-2)12-9-14/h4-9,11-12H,3,10,13H2,1-2H3,(H,20,21). The third-order valence-corrected chi connectivity index (χ3v) is 3.50. The van der Waals surface area contributed by atoms with E-state index in [2.05, 4.69) is 5.32 Å². The Bertz CT molecular complexity index is 695. The fraction of sp³-hybridized carbons (Fsp3) is 0.263. The van der Waals surface area contributed by atoms with Crippen LogP contribution >= 0.6 is 0 Å². The number of carbonyl (C=O) groups excluding carboxylic acids is 2. The van der Waals surface area contributed by atoms with Gasteiger partial charge in [0, 0.05) is 6.42 Å². The Labute approximate surface area is 141 Å². The monoisotopic (exact) mass is 327 g/mol. The summed E-state index contributed by atoms with van der Waals surface area (Å²) in [6.45, 7) is 2.03. The predicted octanol–water partition coefficient (Wildman–Crippen LogP) is 3.44. The molecule has 0 bridgehead atoms. The van der Waals surface area contributed by atoms with Crippen molar-refractivity contribution < 1.29 is 19.1 Å². The van der Waals surface area contributed by atoms with E-state index in [1.54, 1.807) is 38.3 Å². The molecule has 2 aromatic carbocycles. The van der Waals surface area contributed by atoms with E-state index >= 15 is 0 Å². The second-order valence-electron chi connectivity index (χ2n) is 5.16. The summed E-state index contributed by atoms with van der Waals surface area (Å²) in [5, 5.41) is 2.78. The van der Waals surface area contributed by atoms with Gasteiger partial charge in [0.25, 0.3) is 0 Å². The smallest absolute Gasteiger partial charge is 0.340 e.